The van der Waals surface area contributed by atoms with Crippen LogP contribution in [0.5, 0.6) is 0 Å². The fourth-order valence-electron chi connectivity index (χ4n) is 1.23. The number of non-ortho nitro benzene ring substituents is 1. The zero-order valence-electron chi connectivity index (χ0n) is 7.59. The van der Waals surface area contributed by atoms with E-state index in [1.807, 2.05) is 0 Å². The molecule has 15 heavy (non-hydrogen) atoms. The third kappa shape index (κ3) is 2.02. The fraction of sp³-hybridized carbons (Fsp3) is 0.111. The van der Waals surface area contributed by atoms with Gasteiger partial charge in [-0.1, -0.05) is 0 Å². The van der Waals surface area contributed by atoms with Crippen molar-refractivity contribution in [3.8, 4) is 0 Å². The summed E-state index contributed by atoms with van der Waals surface area (Å²) in [6, 6.07) is 6.07. The van der Waals surface area contributed by atoms with Crippen LogP contribution in [0.1, 0.15) is 0 Å². The van der Waals surface area contributed by atoms with Crippen molar-refractivity contribution in [3.63, 3.8) is 0 Å². The second-order valence-corrected chi connectivity index (χ2v) is 3.31. The maximum absolute atomic E-state index is 10.4. The number of hydrogen-bond donors (Lipinski definition) is 0. The first-order valence-corrected chi connectivity index (χ1v) is 4.60. The van der Waals surface area contributed by atoms with Gasteiger partial charge in [0.15, 0.2) is 0 Å². The zero-order valence-corrected chi connectivity index (χ0v) is 8.35. The normalized spacial score (nSPS) is 14.7. The molecule has 78 valence electrons. The van der Waals surface area contributed by atoms with Crippen LogP contribution < -0.4 is 5.06 Å². The first-order valence-electron chi connectivity index (χ1n) is 4.22. The molecule has 6 heteroatoms. The van der Waals surface area contributed by atoms with Crippen LogP contribution in [0, 0.1) is 10.1 Å². The molecule has 0 saturated heterocycles. The van der Waals surface area contributed by atoms with Gasteiger partial charge < -0.3 is 4.84 Å². The van der Waals surface area contributed by atoms with Crippen LogP contribution in [0.4, 0.5) is 11.4 Å². The highest BCUT2D eigenvalue weighted by Crippen LogP contribution is 2.24. The number of rotatable bonds is 2. The molecule has 0 saturated carbocycles. The maximum Gasteiger partial charge on any atom is 0.269 e. The predicted molar refractivity (Wildman–Crippen MR) is 55.5 cm³/mol. The molecule has 0 atom stereocenters. The maximum atomic E-state index is 10.4. The summed E-state index contributed by atoms with van der Waals surface area (Å²) in [7, 11) is 0. The van der Waals surface area contributed by atoms with Gasteiger partial charge in [-0.3, -0.25) is 10.1 Å². The fourth-order valence-corrected chi connectivity index (χ4v) is 1.39. The minimum Gasteiger partial charge on any atom is -0.367 e. The Bertz CT molecular complexity index is 416. The van der Waals surface area contributed by atoms with Crippen molar-refractivity contribution in [1.29, 1.82) is 0 Å². The third-order valence-electron chi connectivity index (χ3n) is 1.96. The Morgan fingerprint density at radius 3 is 2.53 bits per heavy atom. The minimum absolute atomic E-state index is 0.0528. The van der Waals surface area contributed by atoms with Gasteiger partial charge in [0.05, 0.1) is 17.2 Å². The highest BCUT2D eigenvalue weighted by Gasteiger charge is 2.15. The van der Waals surface area contributed by atoms with Crippen molar-refractivity contribution in [2.45, 2.75) is 0 Å². The number of benzene rings is 1. The summed E-state index contributed by atoms with van der Waals surface area (Å²) in [5.74, 6) is 0. The molecule has 1 aromatic rings. The van der Waals surface area contributed by atoms with Crippen molar-refractivity contribution in [2.24, 2.45) is 0 Å². The lowest BCUT2D eigenvalue weighted by molar-refractivity contribution is -0.384. The second-order valence-electron chi connectivity index (χ2n) is 2.93. The number of nitro benzene ring substituents is 1. The topological polar surface area (TPSA) is 55.6 Å². The largest absolute Gasteiger partial charge is 0.367 e. The Kier molecular flexibility index (Phi) is 2.47. The van der Waals surface area contributed by atoms with Crippen molar-refractivity contribution in [3.05, 3.63) is 45.7 Å². The summed E-state index contributed by atoms with van der Waals surface area (Å²) >= 11 is 5.63. The molecule has 0 spiro atoms. The average Bonchev–Trinajstić information content (AvgIpc) is 2.65. The van der Waals surface area contributed by atoms with Gasteiger partial charge in [-0.25, -0.2) is 5.06 Å². The van der Waals surface area contributed by atoms with E-state index in [0.717, 1.165) is 5.69 Å². The third-order valence-corrected chi connectivity index (χ3v) is 2.19. The van der Waals surface area contributed by atoms with E-state index in [9.17, 15) is 10.1 Å². The molecule has 1 heterocycles. The van der Waals surface area contributed by atoms with E-state index >= 15 is 0 Å². The Morgan fingerprint density at radius 1 is 1.40 bits per heavy atom. The molecule has 1 aromatic carbocycles. The van der Waals surface area contributed by atoms with E-state index in [1.165, 1.54) is 12.1 Å². The van der Waals surface area contributed by atoms with Gasteiger partial charge in [0, 0.05) is 12.1 Å². The lowest BCUT2D eigenvalue weighted by Gasteiger charge is -2.16. The predicted octanol–water partition coefficient (Wildman–Crippen LogP) is 2.43. The molecule has 1 aliphatic heterocycles. The Balaban J connectivity index is 2.14. The number of anilines is 1. The molecule has 0 aliphatic carbocycles. The van der Waals surface area contributed by atoms with Crippen LogP contribution in [0.25, 0.3) is 0 Å². The molecule has 5 nitrogen and oxygen atoms in total. The molecule has 0 amide bonds. The van der Waals surface area contributed by atoms with Crippen molar-refractivity contribution < 1.29 is 9.76 Å². The Labute approximate surface area is 90.6 Å². The molecule has 0 fully saturated rings. The number of nitrogens with zero attached hydrogens (tertiary/aromatic N) is 2. The van der Waals surface area contributed by atoms with Crippen molar-refractivity contribution in [2.75, 3.05) is 11.6 Å². The van der Waals surface area contributed by atoms with E-state index in [2.05, 4.69) is 0 Å². The molecule has 0 N–H and O–H groups in total. The molecule has 1 aliphatic rings. The van der Waals surface area contributed by atoms with Crippen LogP contribution in [0.2, 0.25) is 0 Å². The van der Waals surface area contributed by atoms with Gasteiger partial charge in [0.2, 0.25) is 5.22 Å². The molecule has 2 rings (SSSR count). The lowest BCUT2D eigenvalue weighted by Crippen LogP contribution is -2.16. The van der Waals surface area contributed by atoms with E-state index in [-0.39, 0.29) is 5.69 Å². The summed E-state index contributed by atoms with van der Waals surface area (Å²) in [6.07, 6.45) is 1.71. The lowest BCUT2D eigenvalue weighted by atomic mass is 10.3. The Morgan fingerprint density at radius 2 is 2.07 bits per heavy atom. The second kappa shape index (κ2) is 3.78. The number of halogens is 1. The molecule has 0 radical (unpaired) electrons. The summed E-state index contributed by atoms with van der Waals surface area (Å²) in [6.45, 7) is 0.538. The van der Waals surface area contributed by atoms with Crippen molar-refractivity contribution in [1.82, 2.24) is 0 Å². The van der Waals surface area contributed by atoms with E-state index in [4.69, 9.17) is 16.4 Å². The zero-order chi connectivity index (χ0) is 10.8. The molecule has 0 bridgehead atoms. The molecular weight excluding hydrogens is 220 g/mol. The molecule has 0 unspecified atom stereocenters. The summed E-state index contributed by atoms with van der Waals surface area (Å²) in [5, 5.41) is 12.3. The summed E-state index contributed by atoms with van der Waals surface area (Å²) in [4.78, 5) is 15.1. The van der Waals surface area contributed by atoms with Gasteiger partial charge >= 0.3 is 0 Å². The number of hydroxylamine groups is 1. The first-order chi connectivity index (χ1) is 7.16. The van der Waals surface area contributed by atoms with Crippen LogP contribution in [-0.4, -0.2) is 11.5 Å². The van der Waals surface area contributed by atoms with Gasteiger partial charge in [0.25, 0.3) is 5.69 Å². The van der Waals surface area contributed by atoms with Gasteiger partial charge in [-0.2, -0.15) is 0 Å². The SMILES string of the molecule is O=[N+]([O-])c1ccc(N2CC=C(Cl)O2)cc1. The van der Waals surface area contributed by atoms with E-state index < -0.39 is 4.92 Å². The highest BCUT2D eigenvalue weighted by molar-refractivity contribution is 6.28. The van der Waals surface area contributed by atoms with Crippen molar-refractivity contribution >= 4 is 23.0 Å². The Hall–Kier alpha value is -1.75. The first kappa shape index (κ1) is 9.79. The average molecular weight is 227 g/mol. The van der Waals surface area contributed by atoms with Gasteiger partial charge in [-0.05, 0) is 29.8 Å². The standard InChI is InChI=1S/C9H7ClN2O3/c10-9-5-6-11(15-9)7-1-3-8(4-2-7)12(13)14/h1-5H,6H2. The number of nitro groups is 1. The minimum atomic E-state index is -0.445. The summed E-state index contributed by atoms with van der Waals surface area (Å²) < 4.78 is 0. The highest BCUT2D eigenvalue weighted by atomic mass is 35.5. The number of hydrogen-bond acceptors (Lipinski definition) is 4. The van der Waals surface area contributed by atoms with Crippen LogP contribution in [-0.2, 0) is 4.84 Å². The van der Waals surface area contributed by atoms with Gasteiger partial charge in [-0.15, -0.1) is 0 Å². The summed E-state index contributed by atoms with van der Waals surface area (Å²) in [5.41, 5.74) is 0.782. The van der Waals surface area contributed by atoms with Gasteiger partial charge in [0.1, 0.15) is 0 Å². The van der Waals surface area contributed by atoms with Crippen LogP contribution >= 0.6 is 11.6 Å². The van der Waals surface area contributed by atoms with E-state index in [0.29, 0.717) is 11.8 Å². The van der Waals surface area contributed by atoms with Crippen LogP contribution in [0.3, 0.4) is 0 Å². The molecular formula is C9H7ClN2O3. The molecule has 0 aromatic heterocycles. The quantitative estimate of drug-likeness (QED) is 0.574. The monoisotopic (exact) mass is 226 g/mol. The van der Waals surface area contributed by atoms with E-state index in [1.54, 1.807) is 23.3 Å². The smallest absolute Gasteiger partial charge is 0.269 e. The van der Waals surface area contributed by atoms with Crippen LogP contribution in [0.15, 0.2) is 35.6 Å².